The van der Waals surface area contributed by atoms with E-state index in [1.54, 1.807) is 29.2 Å². The molecule has 1 fully saturated rings. The summed E-state index contributed by atoms with van der Waals surface area (Å²) in [6, 6.07) is 6.01. The van der Waals surface area contributed by atoms with Crippen molar-refractivity contribution in [2.24, 2.45) is 0 Å². The minimum atomic E-state index is -0.823. The molecule has 31 heavy (non-hydrogen) atoms. The van der Waals surface area contributed by atoms with Gasteiger partial charge in [0.25, 0.3) is 5.91 Å². The van der Waals surface area contributed by atoms with Crippen LogP contribution >= 0.6 is 12.2 Å². The van der Waals surface area contributed by atoms with Crippen LogP contribution in [0.25, 0.3) is 0 Å². The van der Waals surface area contributed by atoms with Gasteiger partial charge in [-0.25, -0.2) is 0 Å². The topological polar surface area (TPSA) is 97.0 Å². The zero-order chi connectivity index (χ0) is 22.8. The lowest BCUT2D eigenvalue weighted by atomic mass is 10.1. The molecule has 1 aromatic carbocycles. The van der Waals surface area contributed by atoms with Crippen LogP contribution in [0.5, 0.6) is 5.75 Å². The number of hydrogen-bond acceptors (Lipinski definition) is 6. The van der Waals surface area contributed by atoms with Crippen LogP contribution in [0.3, 0.4) is 0 Å². The molecule has 0 bridgehead atoms. The van der Waals surface area contributed by atoms with Crippen molar-refractivity contribution < 1.29 is 23.9 Å². The number of carbonyl (C=O) groups is 3. The van der Waals surface area contributed by atoms with Crippen LogP contribution in [0.15, 0.2) is 24.3 Å². The lowest BCUT2D eigenvalue weighted by molar-refractivity contribution is -0.147. The van der Waals surface area contributed by atoms with Crippen molar-refractivity contribution in [3.8, 4) is 5.75 Å². The van der Waals surface area contributed by atoms with E-state index in [1.807, 2.05) is 20.8 Å². The average molecular weight is 450 g/mol. The first-order valence-electron chi connectivity index (χ1n) is 10.7. The summed E-state index contributed by atoms with van der Waals surface area (Å²) in [6.45, 7) is 7.04. The lowest BCUT2D eigenvalue weighted by Crippen LogP contribution is -2.60. The molecule has 1 aliphatic heterocycles. The molecule has 8 nitrogen and oxygen atoms in total. The fraction of sp³-hybridized carbons (Fsp3) is 0.545. The Kier molecular flexibility index (Phi) is 9.71. The molecule has 2 atom stereocenters. The van der Waals surface area contributed by atoms with Gasteiger partial charge >= 0.3 is 5.97 Å². The second-order valence-corrected chi connectivity index (χ2v) is 7.79. The number of unbranched alkanes of at least 4 members (excludes halogenated alkanes) is 1. The van der Waals surface area contributed by atoms with Crippen LogP contribution in [-0.4, -0.2) is 59.6 Å². The summed E-state index contributed by atoms with van der Waals surface area (Å²) >= 11 is 5.39. The zero-order valence-electron chi connectivity index (χ0n) is 18.3. The van der Waals surface area contributed by atoms with Gasteiger partial charge in [0, 0.05) is 18.7 Å². The zero-order valence-corrected chi connectivity index (χ0v) is 19.1. The highest BCUT2D eigenvalue weighted by molar-refractivity contribution is 7.80. The third-order valence-corrected chi connectivity index (χ3v) is 5.28. The number of carbonyl (C=O) groups excluding carboxylic acids is 3. The molecule has 1 saturated heterocycles. The maximum atomic E-state index is 12.7. The molecule has 1 aromatic rings. The number of piperazine rings is 1. The van der Waals surface area contributed by atoms with Crippen molar-refractivity contribution in [3.63, 3.8) is 0 Å². The summed E-state index contributed by atoms with van der Waals surface area (Å²) < 4.78 is 10.9. The lowest BCUT2D eigenvalue weighted by Gasteiger charge is -2.36. The average Bonchev–Trinajstić information content (AvgIpc) is 2.75. The Hall–Kier alpha value is -2.68. The van der Waals surface area contributed by atoms with Gasteiger partial charge in [-0.1, -0.05) is 26.3 Å². The summed E-state index contributed by atoms with van der Waals surface area (Å²) in [5.74, 6) is -0.600. The summed E-state index contributed by atoms with van der Waals surface area (Å²) in [5.41, 5.74) is 0.389. The van der Waals surface area contributed by atoms with Crippen LogP contribution < -0.4 is 15.4 Å². The van der Waals surface area contributed by atoms with Gasteiger partial charge in [-0.15, -0.1) is 0 Å². The monoisotopic (exact) mass is 449 g/mol. The van der Waals surface area contributed by atoms with Crippen molar-refractivity contribution >= 4 is 35.1 Å². The molecule has 170 valence electrons. The van der Waals surface area contributed by atoms with Crippen LogP contribution in [0.4, 0.5) is 0 Å². The second kappa shape index (κ2) is 12.2. The Labute approximate surface area is 188 Å². The van der Waals surface area contributed by atoms with E-state index in [0.29, 0.717) is 31.0 Å². The first kappa shape index (κ1) is 24.6. The minimum absolute atomic E-state index is 0.0316. The Balaban J connectivity index is 2.02. The molecule has 0 spiro atoms. The van der Waals surface area contributed by atoms with E-state index in [0.717, 1.165) is 19.3 Å². The Morgan fingerprint density at radius 1 is 1.35 bits per heavy atom. The molecule has 2 amide bonds. The number of thiocarbonyl (C=S) groups is 1. The van der Waals surface area contributed by atoms with Crippen molar-refractivity contribution in [1.29, 1.82) is 0 Å². The van der Waals surface area contributed by atoms with Gasteiger partial charge in [0.2, 0.25) is 5.91 Å². The molecule has 1 aliphatic rings. The van der Waals surface area contributed by atoms with Crippen molar-refractivity contribution in [3.05, 3.63) is 29.8 Å². The van der Waals surface area contributed by atoms with E-state index in [4.69, 9.17) is 21.7 Å². The number of amides is 2. The molecule has 0 saturated carbocycles. The largest absolute Gasteiger partial charge is 0.491 e. The number of ether oxygens (including phenoxy) is 2. The van der Waals surface area contributed by atoms with E-state index in [-0.39, 0.29) is 23.5 Å². The Morgan fingerprint density at radius 2 is 2.13 bits per heavy atom. The maximum Gasteiger partial charge on any atom is 0.308 e. The number of hydrogen-bond donors (Lipinski definition) is 2. The fourth-order valence-electron chi connectivity index (χ4n) is 2.98. The first-order valence-corrected chi connectivity index (χ1v) is 11.1. The van der Waals surface area contributed by atoms with E-state index in [2.05, 4.69) is 10.6 Å². The number of nitrogens with one attached hydrogen (secondary N) is 2. The first-order chi connectivity index (χ1) is 14.8. The molecular formula is C22H31N3O5S. The highest BCUT2D eigenvalue weighted by Gasteiger charge is 2.34. The predicted molar refractivity (Wildman–Crippen MR) is 121 cm³/mol. The van der Waals surface area contributed by atoms with Crippen LogP contribution in [-0.2, 0) is 14.3 Å². The summed E-state index contributed by atoms with van der Waals surface area (Å²) in [7, 11) is 0. The summed E-state index contributed by atoms with van der Waals surface area (Å²) in [6.07, 6.45) is 2.41. The van der Waals surface area contributed by atoms with E-state index in [1.165, 1.54) is 0 Å². The third-order valence-electron chi connectivity index (χ3n) is 4.94. The van der Waals surface area contributed by atoms with Crippen molar-refractivity contribution in [1.82, 2.24) is 15.5 Å². The van der Waals surface area contributed by atoms with Gasteiger partial charge in [-0.2, -0.15) is 0 Å². The van der Waals surface area contributed by atoms with Crippen LogP contribution in [0, 0.1) is 0 Å². The smallest absolute Gasteiger partial charge is 0.308 e. The quantitative estimate of drug-likeness (QED) is 0.339. The SMILES string of the molecule is CCCCOC(=O)CC1C(=O)NCCN1C(=S)NC(=O)c1cccc(OC(C)CC)c1. The highest BCUT2D eigenvalue weighted by atomic mass is 32.1. The molecule has 0 aliphatic carbocycles. The van der Waals surface area contributed by atoms with Crippen molar-refractivity contribution in [2.75, 3.05) is 19.7 Å². The third kappa shape index (κ3) is 7.50. The number of rotatable bonds is 9. The normalized spacial score (nSPS) is 16.8. The van der Waals surface area contributed by atoms with Gasteiger partial charge in [0.15, 0.2) is 5.11 Å². The molecule has 9 heteroatoms. The van der Waals surface area contributed by atoms with E-state index in [9.17, 15) is 14.4 Å². The Morgan fingerprint density at radius 3 is 2.84 bits per heavy atom. The highest BCUT2D eigenvalue weighted by Crippen LogP contribution is 2.17. The summed E-state index contributed by atoms with van der Waals surface area (Å²) in [4.78, 5) is 38.8. The molecule has 2 N–H and O–H groups in total. The van der Waals surface area contributed by atoms with Crippen LogP contribution in [0.2, 0.25) is 0 Å². The number of esters is 1. The molecule has 1 heterocycles. The molecule has 2 rings (SSSR count). The van der Waals surface area contributed by atoms with E-state index >= 15 is 0 Å². The standard InChI is InChI=1S/C22H31N3O5S/c1-4-6-12-29-19(26)14-18-21(28)23-10-11-25(18)22(31)24-20(27)16-8-7-9-17(13-16)30-15(3)5-2/h7-9,13,15,18H,4-6,10-12,14H2,1-3H3,(H,23,28)(H,24,27,31). The van der Waals surface area contributed by atoms with Gasteiger partial charge < -0.3 is 19.7 Å². The van der Waals surface area contributed by atoms with Gasteiger partial charge in [0.1, 0.15) is 11.8 Å². The van der Waals surface area contributed by atoms with Gasteiger partial charge in [-0.05, 0) is 50.2 Å². The van der Waals surface area contributed by atoms with Crippen molar-refractivity contribution in [2.45, 2.75) is 58.6 Å². The molecular weight excluding hydrogens is 418 g/mol. The minimum Gasteiger partial charge on any atom is -0.491 e. The fourth-order valence-corrected chi connectivity index (χ4v) is 3.29. The maximum absolute atomic E-state index is 12.7. The molecule has 2 unspecified atom stereocenters. The van der Waals surface area contributed by atoms with Gasteiger partial charge in [-0.3, -0.25) is 19.7 Å². The summed E-state index contributed by atoms with van der Waals surface area (Å²) in [5, 5.41) is 5.49. The number of nitrogens with zero attached hydrogens (tertiary/aromatic N) is 1. The van der Waals surface area contributed by atoms with E-state index < -0.39 is 17.9 Å². The number of benzene rings is 1. The molecule has 0 aromatic heterocycles. The van der Waals surface area contributed by atoms with Crippen LogP contribution in [0.1, 0.15) is 56.8 Å². The Bertz CT molecular complexity index is 801. The second-order valence-electron chi connectivity index (χ2n) is 7.40. The predicted octanol–water partition coefficient (Wildman–Crippen LogP) is 2.41. The van der Waals surface area contributed by atoms with Gasteiger partial charge in [0.05, 0.1) is 19.1 Å². The molecule has 0 radical (unpaired) electrons.